The molecule has 0 unspecified atom stereocenters. The molecule has 7 heteroatoms. The fourth-order valence-electron chi connectivity index (χ4n) is 2.10. The number of aromatic nitrogens is 1. The van der Waals surface area contributed by atoms with E-state index in [-0.39, 0.29) is 23.6 Å². The number of benzene rings is 2. The highest BCUT2D eigenvalue weighted by molar-refractivity contribution is 6.33. The molecule has 0 aliphatic rings. The average molecular weight is 335 g/mol. The predicted octanol–water partition coefficient (Wildman–Crippen LogP) is 4.08. The number of halogens is 2. The summed E-state index contributed by atoms with van der Waals surface area (Å²) in [6, 6.07) is 10.2. The lowest BCUT2D eigenvalue weighted by atomic mass is 10.1. The van der Waals surface area contributed by atoms with E-state index in [4.69, 9.17) is 16.0 Å². The summed E-state index contributed by atoms with van der Waals surface area (Å²) in [5.74, 6) is -1.16. The van der Waals surface area contributed by atoms with Gasteiger partial charge >= 0.3 is 5.97 Å². The van der Waals surface area contributed by atoms with Crippen molar-refractivity contribution < 1.29 is 18.3 Å². The molecule has 0 fully saturated rings. The second-order valence-electron chi connectivity index (χ2n) is 4.76. The van der Waals surface area contributed by atoms with Crippen molar-refractivity contribution in [2.24, 2.45) is 0 Å². The molecule has 0 spiro atoms. The minimum atomic E-state index is -0.632. The van der Waals surface area contributed by atoms with E-state index >= 15 is 0 Å². The first-order chi connectivity index (χ1) is 11.1. The molecule has 0 bridgehead atoms. The van der Waals surface area contributed by atoms with Gasteiger partial charge in [-0.05, 0) is 18.2 Å². The van der Waals surface area contributed by atoms with Gasteiger partial charge in [0.2, 0.25) is 0 Å². The number of hydrogen-bond donors (Lipinski definition) is 1. The largest absolute Gasteiger partial charge is 0.469 e. The van der Waals surface area contributed by atoms with Crippen LogP contribution in [0.4, 0.5) is 16.1 Å². The van der Waals surface area contributed by atoms with E-state index in [2.05, 4.69) is 15.0 Å². The minimum absolute atomic E-state index is 0.0269. The normalized spacial score (nSPS) is 10.7. The van der Waals surface area contributed by atoms with Gasteiger partial charge in [-0.1, -0.05) is 29.8 Å². The van der Waals surface area contributed by atoms with Crippen molar-refractivity contribution in [1.29, 1.82) is 0 Å². The molecular formula is C16H12ClFN2O3. The summed E-state index contributed by atoms with van der Waals surface area (Å²) in [5, 5.41) is 3.38. The summed E-state index contributed by atoms with van der Waals surface area (Å²) >= 11 is 6.05. The maximum Gasteiger partial charge on any atom is 0.310 e. The standard InChI is InChI=1S/C16H12ClFN2O3/c1-22-13(21)8-9-6-7-12-15(14(9)18)23-16(20-12)19-11-5-3-2-4-10(11)17/h2-7H,8H2,1H3,(H,19,20). The zero-order valence-electron chi connectivity index (χ0n) is 12.1. The molecule has 1 aromatic heterocycles. The van der Waals surface area contributed by atoms with Gasteiger partial charge in [0, 0.05) is 5.56 Å². The Morgan fingerprint density at radius 1 is 1.35 bits per heavy atom. The molecule has 23 heavy (non-hydrogen) atoms. The van der Waals surface area contributed by atoms with E-state index in [9.17, 15) is 9.18 Å². The molecule has 0 radical (unpaired) electrons. The fourth-order valence-corrected chi connectivity index (χ4v) is 2.28. The van der Waals surface area contributed by atoms with Gasteiger partial charge < -0.3 is 14.5 Å². The monoisotopic (exact) mass is 334 g/mol. The van der Waals surface area contributed by atoms with Crippen molar-refractivity contribution in [3.8, 4) is 0 Å². The van der Waals surface area contributed by atoms with Crippen LogP contribution in [0.15, 0.2) is 40.8 Å². The second kappa shape index (κ2) is 6.26. The van der Waals surface area contributed by atoms with Crippen molar-refractivity contribution in [3.05, 3.63) is 52.8 Å². The Morgan fingerprint density at radius 3 is 2.87 bits per heavy atom. The zero-order valence-corrected chi connectivity index (χ0v) is 12.9. The van der Waals surface area contributed by atoms with Gasteiger partial charge in [0.05, 0.1) is 24.2 Å². The number of fused-ring (bicyclic) bond motifs is 1. The number of rotatable bonds is 4. The molecule has 3 rings (SSSR count). The third kappa shape index (κ3) is 3.12. The summed E-state index contributed by atoms with van der Waals surface area (Å²) in [6.45, 7) is 0. The predicted molar refractivity (Wildman–Crippen MR) is 84.4 cm³/mol. The van der Waals surface area contributed by atoms with Crippen LogP contribution in [0.3, 0.4) is 0 Å². The lowest BCUT2D eigenvalue weighted by Gasteiger charge is -2.03. The van der Waals surface area contributed by atoms with Gasteiger partial charge in [0.1, 0.15) is 5.52 Å². The van der Waals surface area contributed by atoms with Crippen molar-refractivity contribution in [1.82, 2.24) is 4.98 Å². The van der Waals surface area contributed by atoms with Crippen molar-refractivity contribution in [2.45, 2.75) is 6.42 Å². The quantitative estimate of drug-likeness (QED) is 0.728. The van der Waals surface area contributed by atoms with E-state index in [1.165, 1.54) is 13.2 Å². The highest BCUT2D eigenvalue weighted by Crippen LogP contribution is 2.29. The Kier molecular flexibility index (Phi) is 4.16. The Morgan fingerprint density at radius 2 is 2.13 bits per heavy atom. The molecule has 118 valence electrons. The van der Waals surface area contributed by atoms with Gasteiger partial charge in [-0.15, -0.1) is 0 Å². The summed E-state index contributed by atoms with van der Waals surface area (Å²) < 4.78 is 24.3. The zero-order chi connectivity index (χ0) is 16.4. The van der Waals surface area contributed by atoms with E-state index in [0.717, 1.165) is 0 Å². The summed E-state index contributed by atoms with van der Waals surface area (Å²) in [7, 11) is 1.25. The number of para-hydroxylation sites is 1. The van der Waals surface area contributed by atoms with Crippen LogP contribution in [0.5, 0.6) is 0 Å². The number of hydrogen-bond acceptors (Lipinski definition) is 5. The Hall–Kier alpha value is -2.60. The Labute approximate surface area is 136 Å². The Balaban J connectivity index is 1.94. The number of nitrogens with zero attached hydrogens (tertiary/aromatic N) is 1. The van der Waals surface area contributed by atoms with Gasteiger partial charge in [0.15, 0.2) is 11.4 Å². The number of esters is 1. The van der Waals surface area contributed by atoms with Crippen LogP contribution < -0.4 is 5.32 Å². The first-order valence-corrected chi connectivity index (χ1v) is 7.12. The highest BCUT2D eigenvalue weighted by Gasteiger charge is 2.17. The summed E-state index contributed by atoms with van der Waals surface area (Å²) in [4.78, 5) is 15.4. The third-order valence-corrected chi connectivity index (χ3v) is 3.58. The first kappa shape index (κ1) is 15.3. The number of methoxy groups -OCH3 is 1. The highest BCUT2D eigenvalue weighted by atomic mass is 35.5. The molecule has 0 aliphatic heterocycles. The maximum absolute atomic E-state index is 14.4. The van der Waals surface area contributed by atoms with Gasteiger partial charge in [-0.2, -0.15) is 4.98 Å². The molecule has 0 atom stereocenters. The van der Waals surface area contributed by atoms with Crippen molar-refractivity contribution >= 4 is 40.4 Å². The van der Waals surface area contributed by atoms with Crippen LogP contribution >= 0.6 is 11.6 Å². The van der Waals surface area contributed by atoms with E-state index in [1.54, 1.807) is 30.3 Å². The third-order valence-electron chi connectivity index (χ3n) is 3.25. The molecule has 2 aromatic carbocycles. The first-order valence-electron chi connectivity index (χ1n) is 6.75. The van der Waals surface area contributed by atoms with Crippen LogP contribution in [0, 0.1) is 5.82 Å². The summed E-state index contributed by atoms with van der Waals surface area (Å²) in [5.41, 5.74) is 1.09. The minimum Gasteiger partial charge on any atom is -0.469 e. The molecule has 0 saturated carbocycles. The molecular weight excluding hydrogens is 323 g/mol. The number of ether oxygens (including phenoxy) is 1. The fraction of sp³-hybridized carbons (Fsp3) is 0.125. The number of anilines is 2. The number of carbonyl (C=O) groups is 1. The molecule has 0 saturated heterocycles. The van der Waals surface area contributed by atoms with E-state index < -0.39 is 11.8 Å². The SMILES string of the molecule is COC(=O)Cc1ccc2nc(Nc3ccccc3Cl)oc2c1F. The van der Waals surface area contributed by atoms with Crippen LogP contribution in [-0.4, -0.2) is 18.1 Å². The van der Waals surface area contributed by atoms with Gasteiger partial charge in [0.25, 0.3) is 6.01 Å². The topological polar surface area (TPSA) is 64.4 Å². The molecule has 0 amide bonds. The molecule has 0 aliphatic carbocycles. The van der Waals surface area contributed by atoms with E-state index in [1.807, 2.05) is 0 Å². The van der Waals surface area contributed by atoms with Crippen LogP contribution in [-0.2, 0) is 16.0 Å². The number of oxazole rings is 1. The summed E-state index contributed by atoms with van der Waals surface area (Å²) in [6.07, 6.45) is -0.174. The van der Waals surface area contributed by atoms with Gasteiger partial charge in [-0.3, -0.25) is 4.79 Å². The molecule has 1 N–H and O–H groups in total. The maximum atomic E-state index is 14.4. The lowest BCUT2D eigenvalue weighted by molar-refractivity contribution is -0.139. The second-order valence-corrected chi connectivity index (χ2v) is 5.17. The van der Waals surface area contributed by atoms with Crippen LogP contribution in [0.25, 0.3) is 11.1 Å². The average Bonchev–Trinajstić information content (AvgIpc) is 2.96. The molecule has 1 heterocycles. The number of nitrogens with one attached hydrogen (secondary N) is 1. The molecule has 5 nitrogen and oxygen atoms in total. The van der Waals surface area contributed by atoms with Crippen LogP contribution in [0.2, 0.25) is 5.02 Å². The Bertz CT molecular complexity index is 879. The smallest absolute Gasteiger partial charge is 0.310 e. The number of carbonyl (C=O) groups excluding carboxylic acids is 1. The van der Waals surface area contributed by atoms with Crippen LogP contribution in [0.1, 0.15) is 5.56 Å². The lowest BCUT2D eigenvalue weighted by Crippen LogP contribution is -2.06. The molecule has 3 aromatic rings. The van der Waals surface area contributed by atoms with Gasteiger partial charge in [-0.25, -0.2) is 4.39 Å². The van der Waals surface area contributed by atoms with E-state index in [0.29, 0.717) is 16.2 Å². The van der Waals surface area contributed by atoms with Crippen molar-refractivity contribution in [2.75, 3.05) is 12.4 Å². The van der Waals surface area contributed by atoms with Crippen molar-refractivity contribution in [3.63, 3.8) is 0 Å².